The number of non-ortho nitro benzene ring substituents is 1. The van der Waals surface area contributed by atoms with Crippen LogP contribution >= 0.6 is 0 Å². The van der Waals surface area contributed by atoms with E-state index >= 15 is 0 Å². The molecule has 1 heterocycles. The molecule has 30 heavy (non-hydrogen) atoms. The number of nitro benzene ring substituents is 1. The van der Waals surface area contributed by atoms with Gasteiger partial charge in [0.2, 0.25) is 0 Å². The second kappa shape index (κ2) is 8.49. The summed E-state index contributed by atoms with van der Waals surface area (Å²) in [5, 5.41) is 11.0. The number of esters is 1. The number of benzene rings is 2. The minimum Gasteiger partial charge on any atom is -0.462 e. The molecule has 0 aliphatic carbocycles. The number of carbonyl (C=O) groups excluding carboxylic acids is 1. The Labute approximate surface area is 174 Å². The fraction of sp³-hybridized carbons (Fsp3) is 0.261. The van der Waals surface area contributed by atoms with Gasteiger partial charge in [0.25, 0.3) is 5.69 Å². The van der Waals surface area contributed by atoms with E-state index < -0.39 is 10.9 Å². The zero-order chi connectivity index (χ0) is 22.0. The summed E-state index contributed by atoms with van der Waals surface area (Å²) in [6.07, 6.45) is 0. The number of hydrogen-bond acceptors (Lipinski definition) is 4. The maximum Gasteiger partial charge on any atom is 0.340 e. The molecule has 7 heteroatoms. The van der Waals surface area contributed by atoms with Gasteiger partial charge in [0.05, 0.1) is 23.6 Å². The van der Waals surface area contributed by atoms with E-state index in [9.17, 15) is 19.3 Å². The molecule has 0 radical (unpaired) electrons. The van der Waals surface area contributed by atoms with Crippen molar-refractivity contribution >= 4 is 11.7 Å². The first-order valence-electron chi connectivity index (χ1n) is 9.61. The molecule has 0 atom stereocenters. The highest BCUT2D eigenvalue weighted by Gasteiger charge is 2.26. The molecule has 156 valence electrons. The van der Waals surface area contributed by atoms with Crippen LogP contribution in [0.3, 0.4) is 0 Å². The van der Waals surface area contributed by atoms with Gasteiger partial charge in [-0.3, -0.25) is 10.1 Å². The second-order valence-electron chi connectivity index (χ2n) is 7.13. The van der Waals surface area contributed by atoms with Crippen LogP contribution in [0.1, 0.15) is 39.8 Å². The van der Waals surface area contributed by atoms with Crippen LogP contribution in [0.5, 0.6) is 0 Å². The lowest BCUT2D eigenvalue weighted by molar-refractivity contribution is -0.384. The monoisotopic (exact) mass is 410 g/mol. The van der Waals surface area contributed by atoms with Gasteiger partial charge in [0.1, 0.15) is 5.82 Å². The fourth-order valence-corrected chi connectivity index (χ4v) is 3.63. The summed E-state index contributed by atoms with van der Waals surface area (Å²) >= 11 is 0. The average Bonchev–Trinajstić information content (AvgIpc) is 2.94. The van der Waals surface area contributed by atoms with Crippen LogP contribution in [0.2, 0.25) is 0 Å². The third-order valence-electron chi connectivity index (χ3n) is 5.17. The smallest absolute Gasteiger partial charge is 0.340 e. The molecule has 0 saturated carbocycles. The van der Waals surface area contributed by atoms with Crippen LogP contribution < -0.4 is 0 Å². The van der Waals surface area contributed by atoms with E-state index in [0.29, 0.717) is 27.9 Å². The molecule has 0 aliphatic rings. The number of nitrogens with zero attached hydrogens (tertiary/aromatic N) is 2. The first kappa shape index (κ1) is 21.2. The molecule has 2 aromatic carbocycles. The molecule has 0 fully saturated rings. The third kappa shape index (κ3) is 3.96. The minimum atomic E-state index is -0.477. The van der Waals surface area contributed by atoms with Gasteiger partial charge >= 0.3 is 5.97 Å². The molecule has 0 N–H and O–H groups in total. The molecular formula is C23H23FN2O4. The van der Waals surface area contributed by atoms with Crippen LogP contribution in [0.4, 0.5) is 10.1 Å². The highest BCUT2D eigenvalue weighted by Crippen LogP contribution is 2.34. The number of carbonyl (C=O) groups is 1. The van der Waals surface area contributed by atoms with E-state index in [1.807, 2.05) is 24.5 Å². The SMILES string of the molecule is CCOC(=O)c1c(-c2ccc([N+](=O)[O-])cc2)c(C)n(Cc2ccc(C)cc2F)c1C. The van der Waals surface area contributed by atoms with Crippen molar-refractivity contribution in [3.8, 4) is 11.1 Å². The Kier molecular flexibility index (Phi) is 6.01. The first-order chi connectivity index (χ1) is 14.2. The Morgan fingerprint density at radius 1 is 1.10 bits per heavy atom. The molecule has 0 amide bonds. The van der Waals surface area contributed by atoms with Crippen molar-refractivity contribution in [2.24, 2.45) is 0 Å². The average molecular weight is 410 g/mol. The Hall–Kier alpha value is -3.48. The van der Waals surface area contributed by atoms with Crippen molar-refractivity contribution in [1.82, 2.24) is 4.57 Å². The summed E-state index contributed by atoms with van der Waals surface area (Å²) in [6, 6.07) is 11.1. The summed E-state index contributed by atoms with van der Waals surface area (Å²) in [4.78, 5) is 23.3. The number of halogens is 1. The van der Waals surface area contributed by atoms with Crippen LogP contribution in [-0.4, -0.2) is 22.1 Å². The predicted molar refractivity (Wildman–Crippen MR) is 112 cm³/mol. The fourth-order valence-electron chi connectivity index (χ4n) is 3.63. The van der Waals surface area contributed by atoms with E-state index in [0.717, 1.165) is 11.3 Å². The number of ether oxygens (including phenoxy) is 1. The van der Waals surface area contributed by atoms with Crippen molar-refractivity contribution in [1.29, 1.82) is 0 Å². The van der Waals surface area contributed by atoms with Crippen molar-refractivity contribution in [2.45, 2.75) is 34.2 Å². The largest absolute Gasteiger partial charge is 0.462 e. The Bertz CT molecular complexity index is 1120. The zero-order valence-electron chi connectivity index (χ0n) is 17.4. The highest BCUT2D eigenvalue weighted by molar-refractivity contribution is 6.00. The normalized spacial score (nSPS) is 10.8. The van der Waals surface area contributed by atoms with E-state index in [1.165, 1.54) is 18.2 Å². The molecule has 6 nitrogen and oxygen atoms in total. The van der Waals surface area contributed by atoms with Gasteiger partial charge < -0.3 is 9.30 Å². The number of aromatic nitrogens is 1. The molecule has 0 spiro atoms. The van der Waals surface area contributed by atoms with E-state index in [1.54, 1.807) is 32.0 Å². The van der Waals surface area contributed by atoms with Crippen molar-refractivity contribution in [2.75, 3.05) is 6.61 Å². The molecule has 0 bridgehead atoms. The van der Waals surface area contributed by atoms with E-state index in [2.05, 4.69) is 0 Å². The molecule has 3 rings (SSSR count). The van der Waals surface area contributed by atoms with Gasteiger partial charge in [0.15, 0.2) is 0 Å². The van der Waals surface area contributed by atoms with Crippen LogP contribution in [0, 0.1) is 36.7 Å². The van der Waals surface area contributed by atoms with Crippen LogP contribution in [-0.2, 0) is 11.3 Å². The summed E-state index contributed by atoms with van der Waals surface area (Å²) in [5.74, 6) is -0.786. The number of hydrogen-bond donors (Lipinski definition) is 0. The summed E-state index contributed by atoms with van der Waals surface area (Å²) in [7, 11) is 0. The number of rotatable bonds is 6. The predicted octanol–water partition coefficient (Wildman–Crippen LogP) is 5.35. The molecule has 0 unspecified atom stereocenters. The Morgan fingerprint density at radius 2 is 1.77 bits per heavy atom. The number of aryl methyl sites for hydroxylation is 1. The van der Waals surface area contributed by atoms with Crippen molar-refractivity contribution in [3.63, 3.8) is 0 Å². The van der Waals surface area contributed by atoms with Gasteiger partial charge in [-0.05, 0) is 57.0 Å². The van der Waals surface area contributed by atoms with Crippen LogP contribution in [0.15, 0.2) is 42.5 Å². The lowest BCUT2D eigenvalue weighted by Gasteiger charge is -2.11. The van der Waals surface area contributed by atoms with Crippen molar-refractivity contribution < 1.29 is 18.8 Å². The number of nitro groups is 1. The van der Waals surface area contributed by atoms with Gasteiger partial charge in [-0.25, -0.2) is 9.18 Å². The lowest BCUT2D eigenvalue weighted by Crippen LogP contribution is -2.09. The molecule has 3 aromatic rings. The third-order valence-corrected chi connectivity index (χ3v) is 5.17. The van der Waals surface area contributed by atoms with Gasteiger partial charge in [-0.15, -0.1) is 0 Å². The highest BCUT2D eigenvalue weighted by atomic mass is 19.1. The quantitative estimate of drug-likeness (QED) is 0.312. The van der Waals surface area contributed by atoms with Gasteiger partial charge in [-0.1, -0.05) is 12.1 Å². The standard InChI is InChI=1S/C23H23FN2O4/c1-5-30-23(27)22-16(4)25(13-18-7-6-14(2)12-20(18)24)15(3)21(22)17-8-10-19(11-9-17)26(28)29/h6-12H,5,13H2,1-4H3. The topological polar surface area (TPSA) is 74.4 Å². The van der Waals surface area contributed by atoms with Gasteiger partial charge in [0, 0.05) is 34.6 Å². The molecule has 0 aliphatic heterocycles. The summed E-state index contributed by atoms with van der Waals surface area (Å²) in [5.41, 5.74) is 4.38. The zero-order valence-corrected chi connectivity index (χ0v) is 17.4. The molecular weight excluding hydrogens is 387 g/mol. The van der Waals surface area contributed by atoms with E-state index in [4.69, 9.17) is 4.74 Å². The molecule has 1 aromatic heterocycles. The summed E-state index contributed by atoms with van der Waals surface area (Å²) < 4.78 is 21.6. The van der Waals surface area contributed by atoms with Crippen molar-refractivity contribution in [3.05, 3.63) is 86.5 Å². The Balaban J connectivity index is 2.16. The van der Waals surface area contributed by atoms with Crippen LogP contribution in [0.25, 0.3) is 11.1 Å². The first-order valence-corrected chi connectivity index (χ1v) is 9.61. The van der Waals surface area contributed by atoms with E-state index in [-0.39, 0.29) is 24.7 Å². The molecule has 0 saturated heterocycles. The Morgan fingerprint density at radius 3 is 2.33 bits per heavy atom. The summed E-state index contributed by atoms with van der Waals surface area (Å²) in [6.45, 7) is 7.66. The second-order valence-corrected chi connectivity index (χ2v) is 7.13. The minimum absolute atomic E-state index is 0.0352. The lowest BCUT2D eigenvalue weighted by atomic mass is 10.0. The van der Waals surface area contributed by atoms with Gasteiger partial charge in [-0.2, -0.15) is 0 Å². The maximum absolute atomic E-state index is 14.5. The maximum atomic E-state index is 14.5.